The fraction of sp³-hybridized carbons (Fsp3) is 0.346. The number of aromatic nitrogens is 2. The molecule has 0 spiro atoms. The van der Waals surface area contributed by atoms with Gasteiger partial charge in [0.25, 0.3) is 0 Å². The van der Waals surface area contributed by atoms with Gasteiger partial charge in [-0.25, -0.2) is 9.78 Å². The molecule has 2 N–H and O–H groups in total. The Labute approximate surface area is 194 Å². The summed E-state index contributed by atoms with van der Waals surface area (Å²) in [5, 5.41) is 5.80. The van der Waals surface area contributed by atoms with Crippen molar-refractivity contribution in [3.05, 3.63) is 72.2 Å². The monoisotopic (exact) mass is 446 g/mol. The molecule has 1 atom stereocenters. The second kappa shape index (κ2) is 9.10. The number of carbonyl (C=O) groups excluding carboxylic acids is 2. The third-order valence-corrected chi connectivity index (χ3v) is 5.77. The first kappa shape index (κ1) is 22.6. The number of hydrogen-bond donors (Lipinski definition) is 2. The fourth-order valence-electron chi connectivity index (χ4n) is 4.24. The van der Waals surface area contributed by atoms with Gasteiger partial charge in [-0.2, -0.15) is 0 Å². The van der Waals surface area contributed by atoms with E-state index in [0.717, 1.165) is 24.1 Å². The average Bonchev–Trinajstić information content (AvgIpc) is 3.37. The second-order valence-corrected chi connectivity index (χ2v) is 9.52. The summed E-state index contributed by atoms with van der Waals surface area (Å²) < 4.78 is 7.37. The molecule has 0 radical (unpaired) electrons. The first-order valence-corrected chi connectivity index (χ1v) is 11.1. The maximum absolute atomic E-state index is 13.3. The summed E-state index contributed by atoms with van der Waals surface area (Å²) in [5.74, 6) is -0.310. The van der Waals surface area contributed by atoms with Gasteiger partial charge in [0.05, 0.1) is 18.2 Å². The van der Waals surface area contributed by atoms with Gasteiger partial charge >= 0.3 is 6.09 Å². The molecule has 0 fully saturated rings. The number of nitrogens with one attached hydrogen (secondary N) is 2. The molecule has 4 rings (SSSR count). The lowest BCUT2D eigenvalue weighted by molar-refractivity contribution is -0.119. The van der Waals surface area contributed by atoms with Crippen LogP contribution in [-0.4, -0.2) is 33.2 Å². The van der Waals surface area contributed by atoms with Crippen LogP contribution in [0.1, 0.15) is 31.9 Å². The maximum atomic E-state index is 13.3. The number of ether oxygens (including phenoxy) is 1. The minimum absolute atomic E-state index is 0.0522. The summed E-state index contributed by atoms with van der Waals surface area (Å²) in [6.07, 6.45) is 4.40. The minimum atomic E-state index is -0.719. The molecule has 0 saturated heterocycles. The maximum Gasteiger partial charge on any atom is 0.408 e. The minimum Gasteiger partial charge on any atom is -0.444 e. The van der Waals surface area contributed by atoms with E-state index in [1.165, 1.54) is 11.1 Å². The van der Waals surface area contributed by atoms with Crippen molar-refractivity contribution in [3.63, 3.8) is 0 Å². The smallest absolute Gasteiger partial charge is 0.408 e. The zero-order valence-electron chi connectivity index (χ0n) is 19.5. The van der Waals surface area contributed by atoms with Crippen LogP contribution in [0.4, 0.5) is 10.5 Å². The van der Waals surface area contributed by atoms with Gasteiger partial charge in [-0.15, -0.1) is 0 Å². The van der Waals surface area contributed by atoms with Crippen LogP contribution in [0.25, 0.3) is 11.3 Å². The lowest BCUT2D eigenvalue weighted by Gasteiger charge is -2.26. The van der Waals surface area contributed by atoms with Crippen molar-refractivity contribution in [1.29, 1.82) is 0 Å². The summed E-state index contributed by atoms with van der Waals surface area (Å²) in [6.45, 7) is 5.41. The highest BCUT2D eigenvalue weighted by molar-refractivity contribution is 5.97. The van der Waals surface area contributed by atoms with E-state index in [1.807, 2.05) is 48.0 Å². The first-order chi connectivity index (χ1) is 15.7. The molecule has 0 bridgehead atoms. The Hall–Kier alpha value is -3.61. The third-order valence-electron chi connectivity index (χ3n) is 5.77. The Bertz CT molecular complexity index is 1120. The Balaban J connectivity index is 1.50. The highest BCUT2D eigenvalue weighted by Crippen LogP contribution is 2.30. The zero-order chi connectivity index (χ0) is 23.6. The first-order valence-electron chi connectivity index (χ1n) is 11.1. The number of alkyl carbamates (subject to hydrolysis) is 1. The molecule has 0 saturated carbocycles. The number of benzene rings is 2. The second-order valence-electron chi connectivity index (χ2n) is 9.52. The number of fused-ring (bicyclic) bond motifs is 1. The van der Waals surface area contributed by atoms with Crippen molar-refractivity contribution in [2.24, 2.45) is 13.0 Å². The Kier molecular flexibility index (Phi) is 6.22. The van der Waals surface area contributed by atoms with E-state index < -0.39 is 17.7 Å². The Morgan fingerprint density at radius 1 is 1.06 bits per heavy atom. The molecule has 33 heavy (non-hydrogen) atoms. The molecule has 7 nitrogen and oxygen atoms in total. The molecule has 2 amide bonds. The van der Waals surface area contributed by atoms with E-state index in [2.05, 4.69) is 27.8 Å². The third kappa shape index (κ3) is 5.42. The molecule has 2 aromatic carbocycles. The van der Waals surface area contributed by atoms with Gasteiger partial charge in [-0.05, 0) is 68.4 Å². The molecule has 7 heteroatoms. The van der Waals surface area contributed by atoms with Crippen LogP contribution in [-0.2, 0) is 29.4 Å². The molecule has 3 aromatic rings. The molecule has 1 heterocycles. The van der Waals surface area contributed by atoms with Gasteiger partial charge in [-0.3, -0.25) is 4.79 Å². The van der Waals surface area contributed by atoms with Crippen molar-refractivity contribution in [2.45, 2.75) is 45.3 Å². The van der Waals surface area contributed by atoms with E-state index >= 15 is 0 Å². The van der Waals surface area contributed by atoms with E-state index in [-0.39, 0.29) is 11.8 Å². The quantitative estimate of drug-likeness (QED) is 0.611. The SMILES string of the molecule is Cn1cncc1-c1ccc(NC(=O)[C@@H](NC(=O)OC(C)(C)C)C2Cc3ccccc3C2)cc1. The van der Waals surface area contributed by atoms with Crippen LogP contribution in [0.2, 0.25) is 0 Å². The molecule has 0 aliphatic heterocycles. The summed E-state index contributed by atoms with van der Waals surface area (Å²) in [4.78, 5) is 30.0. The average molecular weight is 447 g/mol. The van der Waals surface area contributed by atoms with Crippen LogP contribution in [0.15, 0.2) is 61.1 Å². The van der Waals surface area contributed by atoms with E-state index in [9.17, 15) is 9.59 Å². The predicted octanol–water partition coefficient (Wildman–Crippen LogP) is 4.33. The van der Waals surface area contributed by atoms with Crippen LogP contribution in [0.3, 0.4) is 0 Å². The van der Waals surface area contributed by atoms with Crippen molar-refractivity contribution >= 4 is 17.7 Å². The number of nitrogens with zero attached hydrogens (tertiary/aromatic N) is 2. The number of carbonyl (C=O) groups is 2. The van der Waals surface area contributed by atoms with Gasteiger partial charge in [0.15, 0.2) is 0 Å². The molecule has 1 aromatic heterocycles. The normalized spacial score (nSPS) is 14.4. The highest BCUT2D eigenvalue weighted by Gasteiger charge is 2.35. The van der Waals surface area contributed by atoms with Gasteiger partial charge in [0, 0.05) is 12.7 Å². The van der Waals surface area contributed by atoms with Crippen molar-refractivity contribution in [2.75, 3.05) is 5.32 Å². The lowest BCUT2D eigenvalue weighted by atomic mass is 9.95. The number of amides is 2. The number of anilines is 1. The van der Waals surface area contributed by atoms with Gasteiger partial charge in [0.2, 0.25) is 5.91 Å². The molecule has 172 valence electrons. The van der Waals surface area contributed by atoms with Crippen LogP contribution in [0, 0.1) is 5.92 Å². The van der Waals surface area contributed by atoms with Crippen molar-refractivity contribution < 1.29 is 14.3 Å². The molecule has 0 unspecified atom stereocenters. The van der Waals surface area contributed by atoms with Crippen LogP contribution < -0.4 is 10.6 Å². The Morgan fingerprint density at radius 3 is 2.24 bits per heavy atom. The zero-order valence-corrected chi connectivity index (χ0v) is 19.5. The number of rotatable bonds is 5. The number of imidazole rings is 1. The van der Waals surface area contributed by atoms with Crippen molar-refractivity contribution in [1.82, 2.24) is 14.9 Å². The fourth-order valence-corrected chi connectivity index (χ4v) is 4.24. The Morgan fingerprint density at radius 2 is 1.70 bits per heavy atom. The topological polar surface area (TPSA) is 85.3 Å². The van der Waals surface area contributed by atoms with Crippen LogP contribution >= 0.6 is 0 Å². The highest BCUT2D eigenvalue weighted by atomic mass is 16.6. The standard InChI is InChI=1S/C26H30N4O3/c1-26(2,3)33-25(32)29-23(20-13-18-7-5-6-8-19(18)14-20)24(31)28-21-11-9-17(10-12-21)22-15-27-16-30(22)4/h5-12,15-16,20,23H,13-14H2,1-4H3,(H,28,31)(H,29,32)/t23-/m0/s1. The molecule has 1 aliphatic carbocycles. The van der Waals surface area contributed by atoms with E-state index in [1.54, 1.807) is 33.3 Å². The lowest BCUT2D eigenvalue weighted by Crippen LogP contribution is -2.50. The van der Waals surface area contributed by atoms with E-state index in [4.69, 9.17) is 4.74 Å². The van der Waals surface area contributed by atoms with Gasteiger partial charge in [-0.1, -0.05) is 36.4 Å². The summed E-state index contributed by atoms with van der Waals surface area (Å²) >= 11 is 0. The van der Waals surface area contributed by atoms with Crippen molar-refractivity contribution in [3.8, 4) is 11.3 Å². The van der Waals surface area contributed by atoms with E-state index in [0.29, 0.717) is 5.69 Å². The summed E-state index contributed by atoms with van der Waals surface area (Å²) in [6, 6.07) is 15.0. The summed E-state index contributed by atoms with van der Waals surface area (Å²) in [7, 11) is 1.94. The van der Waals surface area contributed by atoms with Crippen LogP contribution in [0.5, 0.6) is 0 Å². The molecular formula is C26H30N4O3. The number of hydrogen-bond acceptors (Lipinski definition) is 4. The number of aryl methyl sites for hydroxylation is 1. The largest absolute Gasteiger partial charge is 0.444 e. The molecule has 1 aliphatic rings. The van der Waals surface area contributed by atoms with Gasteiger partial charge in [0.1, 0.15) is 11.6 Å². The predicted molar refractivity (Wildman–Crippen MR) is 128 cm³/mol. The summed E-state index contributed by atoms with van der Waals surface area (Å²) in [5.41, 5.74) is 4.44. The molecular weight excluding hydrogens is 416 g/mol. The van der Waals surface area contributed by atoms with Gasteiger partial charge < -0.3 is 19.9 Å².